The molecule has 3 aromatic carbocycles. The zero-order chi connectivity index (χ0) is 25.0. The fraction of sp³-hybridized carbons (Fsp3) is 0.130. The number of amides is 2. The van der Waals surface area contributed by atoms with Gasteiger partial charge in [-0.3, -0.25) is 9.59 Å². The minimum atomic E-state index is -4.94. The lowest BCUT2D eigenvalue weighted by atomic mass is 10.1. The molecule has 34 heavy (non-hydrogen) atoms. The molecule has 0 radical (unpaired) electrons. The largest absolute Gasteiger partial charge is 0.326 e. The van der Waals surface area contributed by atoms with E-state index in [2.05, 4.69) is 59.2 Å². The molecule has 0 aromatic heterocycles. The summed E-state index contributed by atoms with van der Waals surface area (Å²) in [5.41, 5.74) is 2.33. The summed E-state index contributed by atoms with van der Waals surface area (Å²) in [6, 6.07) is 20.8. The summed E-state index contributed by atoms with van der Waals surface area (Å²) >= 11 is 1.78. The van der Waals surface area contributed by atoms with Crippen LogP contribution in [-0.4, -0.2) is 11.8 Å². The molecule has 3 aromatic rings. The van der Waals surface area contributed by atoms with Crippen LogP contribution in [-0.2, 0) is 20.5 Å². The monoisotopic (exact) mass is 520 g/mol. The van der Waals surface area contributed by atoms with E-state index < -0.39 is 10.2 Å². The molecule has 0 saturated heterocycles. The van der Waals surface area contributed by atoms with Gasteiger partial charge in [0.25, 0.3) is 0 Å². The van der Waals surface area contributed by atoms with Crippen LogP contribution in [0.4, 0.5) is 11.4 Å². The molecule has 8 nitrogen and oxygen atoms in total. The molecular formula is C23H21ClN2O6S2. The molecule has 0 unspecified atom stereocenters. The second-order valence-corrected chi connectivity index (χ2v) is 10.9. The Kier molecular flexibility index (Phi) is 8.26. The minimum absolute atomic E-state index is 0.133. The summed E-state index contributed by atoms with van der Waals surface area (Å²) in [6.45, 7) is 4.92. The Morgan fingerprint density at radius 3 is 1.71 bits per heavy atom. The molecule has 11 heteroatoms. The Hall–Kier alpha value is -2.57. The lowest BCUT2D eigenvalue weighted by molar-refractivity contribution is -2.00. The second kappa shape index (κ2) is 10.8. The number of carbonyl (C=O) groups is 2. The number of carbonyl (C=O) groups excluding carboxylic acids is 2. The first-order chi connectivity index (χ1) is 16.0. The van der Waals surface area contributed by atoms with Gasteiger partial charge in [0.2, 0.25) is 11.8 Å². The molecule has 0 bridgehead atoms. The van der Waals surface area contributed by atoms with Crippen molar-refractivity contribution in [3.63, 3.8) is 0 Å². The average Bonchev–Trinajstić information content (AvgIpc) is 2.73. The summed E-state index contributed by atoms with van der Waals surface area (Å²) in [4.78, 5) is 29.6. The van der Waals surface area contributed by atoms with Gasteiger partial charge in [0.1, 0.15) is 16.6 Å². The first kappa shape index (κ1) is 26.0. The van der Waals surface area contributed by atoms with Gasteiger partial charge in [0, 0.05) is 25.1 Å². The van der Waals surface area contributed by atoms with Crippen LogP contribution in [0.2, 0.25) is 0 Å². The highest BCUT2D eigenvalue weighted by molar-refractivity contribution is 8.04. The Bertz CT molecular complexity index is 1180. The van der Waals surface area contributed by atoms with Gasteiger partial charge >= 0.3 is 0 Å². The molecule has 0 aliphatic carbocycles. The van der Waals surface area contributed by atoms with Crippen molar-refractivity contribution < 1.29 is 38.5 Å². The molecule has 4 rings (SSSR count). The molecule has 0 fully saturated rings. The molecule has 1 aliphatic heterocycles. The van der Waals surface area contributed by atoms with Crippen LogP contribution in [0.15, 0.2) is 85.1 Å². The maximum absolute atomic E-state index is 12.0. The molecule has 1 heterocycles. The van der Waals surface area contributed by atoms with Crippen molar-refractivity contribution in [2.24, 2.45) is 0 Å². The molecule has 0 saturated carbocycles. The van der Waals surface area contributed by atoms with Gasteiger partial charge in [-0.05, 0) is 43.3 Å². The van der Waals surface area contributed by atoms with Crippen molar-refractivity contribution in [2.45, 2.75) is 45.2 Å². The zero-order valence-electron chi connectivity index (χ0n) is 18.4. The van der Waals surface area contributed by atoms with E-state index in [1.807, 2.05) is 19.1 Å². The highest BCUT2D eigenvalue weighted by Gasteiger charge is 2.40. The number of fused-ring (bicyclic) bond motifs is 2. The highest BCUT2D eigenvalue weighted by atomic mass is 35.7. The van der Waals surface area contributed by atoms with Crippen LogP contribution >= 0.6 is 11.8 Å². The molecule has 178 valence electrons. The Labute approximate surface area is 206 Å². The average molecular weight is 521 g/mol. The fourth-order valence-corrected chi connectivity index (χ4v) is 7.30. The van der Waals surface area contributed by atoms with Gasteiger partial charge in [0.05, 0.1) is 9.79 Å². The van der Waals surface area contributed by atoms with Gasteiger partial charge in [-0.1, -0.05) is 36.0 Å². The van der Waals surface area contributed by atoms with Crippen molar-refractivity contribution in [1.82, 2.24) is 0 Å². The minimum Gasteiger partial charge on any atom is -0.326 e. The van der Waals surface area contributed by atoms with Gasteiger partial charge in [-0.2, -0.15) is 0 Å². The smallest absolute Gasteiger partial charge is 0.221 e. The van der Waals surface area contributed by atoms with E-state index in [4.69, 9.17) is 18.6 Å². The maximum Gasteiger partial charge on any atom is 0.221 e. The quantitative estimate of drug-likeness (QED) is 0.378. The number of rotatable bonds is 3. The first-order valence-corrected chi connectivity index (χ1v) is 13.1. The Morgan fingerprint density at radius 1 is 0.765 bits per heavy atom. The van der Waals surface area contributed by atoms with Crippen LogP contribution in [0, 0.1) is 17.2 Å². The summed E-state index contributed by atoms with van der Waals surface area (Å²) in [6.07, 6.45) is 0. The molecule has 0 spiro atoms. The lowest BCUT2D eigenvalue weighted by Crippen LogP contribution is -2.68. The van der Waals surface area contributed by atoms with E-state index in [1.165, 1.54) is 33.4 Å². The van der Waals surface area contributed by atoms with Crippen molar-refractivity contribution in [3.05, 3.63) is 66.2 Å². The van der Waals surface area contributed by atoms with E-state index in [0.29, 0.717) is 5.69 Å². The fourth-order valence-electron chi connectivity index (χ4n) is 3.39. The summed E-state index contributed by atoms with van der Waals surface area (Å²) in [7, 11) is -5.31. The summed E-state index contributed by atoms with van der Waals surface area (Å²) in [5.74, 6) is -0.271. The van der Waals surface area contributed by atoms with Crippen LogP contribution in [0.1, 0.15) is 19.4 Å². The van der Waals surface area contributed by atoms with Gasteiger partial charge < -0.3 is 10.6 Å². The molecule has 0 atom stereocenters. The normalized spacial score (nSPS) is 12.6. The number of halogens is 1. The SMILES string of the molecule is CC(=O)Nc1ccc([S+]2c3ccccc3Sc3ccccc32)c(NC(C)=O)c1C.[O-][Cl+3]([O-])([O-])[O-]. The van der Waals surface area contributed by atoms with E-state index in [9.17, 15) is 9.59 Å². The van der Waals surface area contributed by atoms with E-state index >= 15 is 0 Å². The maximum atomic E-state index is 12.0. The van der Waals surface area contributed by atoms with Gasteiger partial charge in [-0.15, -0.1) is 10.2 Å². The first-order valence-electron chi connectivity index (χ1n) is 9.86. The van der Waals surface area contributed by atoms with Crippen LogP contribution in [0.25, 0.3) is 0 Å². The lowest BCUT2D eigenvalue weighted by Gasteiger charge is -2.22. The predicted octanol–water partition coefficient (Wildman–Crippen LogP) is 0.716. The third kappa shape index (κ3) is 6.51. The van der Waals surface area contributed by atoms with E-state index in [1.54, 1.807) is 11.8 Å². The van der Waals surface area contributed by atoms with Crippen molar-refractivity contribution in [1.29, 1.82) is 0 Å². The van der Waals surface area contributed by atoms with Crippen LogP contribution in [0.3, 0.4) is 0 Å². The number of hydrogen-bond acceptors (Lipinski definition) is 7. The van der Waals surface area contributed by atoms with Gasteiger partial charge in [0.15, 0.2) is 14.7 Å². The summed E-state index contributed by atoms with van der Waals surface area (Å²) in [5, 5.41) is 5.89. The highest BCUT2D eigenvalue weighted by Crippen LogP contribution is 2.50. The number of benzene rings is 3. The topological polar surface area (TPSA) is 150 Å². The van der Waals surface area contributed by atoms with E-state index in [-0.39, 0.29) is 22.7 Å². The predicted molar refractivity (Wildman–Crippen MR) is 119 cm³/mol. The molecule has 2 amide bonds. The standard InChI is InChI=1S/C23H20N2O2S2.ClHO4/c1-14-17(24-15(2)26)12-13-22(23(14)25-16(3)27)29-20-10-6-4-8-18(20)28-19-9-5-7-11-21(19)29;2-1(3,4)5/h4-13H,1-3H3,(H-,24,25,26,27);(H,2,3,4,5). The van der Waals surface area contributed by atoms with E-state index in [0.717, 1.165) is 16.1 Å². The second-order valence-electron chi connectivity index (χ2n) is 7.15. The Morgan fingerprint density at radius 2 is 1.24 bits per heavy atom. The third-order valence-corrected chi connectivity index (χ3v) is 8.40. The Balaban J connectivity index is 0.000000588. The number of nitrogens with one attached hydrogen (secondary N) is 2. The van der Waals surface area contributed by atoms with Crippen molar-refractivity contribution in [2.75, 3.05) is 10.6 Å². The van der Waals surface area contributed by atoms with Crippen LogP contribution < -0.4 is 29.3 Å². The number of hydrogen-bond donors (Lipinski definition) is 2. The zero-order valence-corrected chi connectivity index (χ0v) is 20.8. The van der Waals surface area contributed by atoms with Crippen molar-refractivity contribution >= 4 is 45.8 Å². The molecule has 1 aliphatic rings. The van der Waals surface area contributed by atoms with Crippen LogP contribution in [0.5, 0.6) is 0 Å². The summed E-state index contributed by atoms with van der Waals surface area (Å²) < 4.78 is 34.0. The van der Waals surface area contributed by atoms with Crippen molar-refractivity contribution in [3.8, 4) is 0 Å². The van der Waals surface area contributed by atoms with Gasteiger partial charge in [-0.25, -0.2) is 18.6 Å². The third-order valence-electron chi connectivity index (χ3n) is 4.62. The molecular weight excluding hydrogens is 500 g/mol. The number of anilines is 2. The molecule has 2 N–H and O–H groups in total.